The second-order valence-corrected chi connectivity index (χ2v) is 12.4. The lowest BCUT2D eigenvalue weighted by atomic mass is 9.93. The fourth-order valence-corrected chi connectivity index (χ4v) is 6.22. The second-order valence-electron chi connectivity index (χ2n) is 9.66. The lowest BCUT2D eigenvalue weighted by Gasteiger charge is -2.48. The van der Waals surface area contributed by atoms with Crippen LogP contribution in [-0.4, -0.2) is 68.3 Å². The summed E-state index contributed by atoms with van der Waals surface area (Å²) in [6, 6.07) is 18.7. The first-order chi connectivity index (χ1) is 19.4. The fraction of sp³-hybridized carbons (Fsp3) is 0.250. The van der Waals surface area contributed by atoms with E-state index in [2.05, 4.69) is 10.2 Å². The van der Waals surface area contributed by atoms with Crippen molar-refractivity contribution in [1.82, 2.24) is 10.2 Å². The smallest absolute Gasteiger partial charge is 0.252 e. The minimum absolute atomic E-state index is 0.0392. The molecular formula is C28H27Cl2N5O5S. The number of nitrogens with one attached hydrogen (secondary N) is 1. The van der Waals surface area contributed by atoms with E-state index in [0.717, 1.165) is 17.4 Å². The van der Waals surface area contributed by atoms with E-state index in [4.69, 9.17) is 28.9 Å². The lowest BCUT2D eigenvalue weighted by Crippen LogP contribution is -2.61. The van der Waals surface area contributed by atoms with Gasteiger partial charge in [-0.25, -0.2) is 8.42 Å². The predicted octanol–water partition coefficient (Wildman–Crippen LogP) is 2.68. The van der Waals surface area contributed by atoms with Crippen molar-refractivity contribution in [3.05, 3.63) is 99.0 Å². The Kier molecular flexibility index (Phi) is 9.21. The monoisotopic (exact) mass is 615 g/mol. The summed E-state index contributed by atoms with van der Waals surface area (Å²) in [5.41, 5.74) is 7.20. The molecule has 1 aliphatic rings. The van der Waals surface area contributed by atoms with Gasteiger partial charge in [-0.15, -0.1) is 0 Å². The molecule has 1 fully saturated rings. The van der Waals surface area contributed by atoms with Gasteiger partial charge in [-0.2, -0.15) is 5.26 Å². The molecule has 1 heterocycles. The van der Waals surface area contributed by atoms with E-state index >= 15 is 0 Å². The van der Waals surface area contributed by atoms with Gasteiger partial charge in [0.05, 0.1) is 42.3 Å². The molecule has 0 saturated carbocycles. The summed E-state index contributed by atoms with van der Waals surface area (Å²) >= 11 is 12.2. The van der Waals surface area contributed by atoms with Crippen molar-refractivity contribution in [2.45, 2.75) is 18.1 Å². The van der Waals surface area contributed by atoms with Gasteiger partial charge < -0.3 is 16.2 Å². The molecule has 0 bridgehead atoms. The van der Waals surface area contributed by atoms with Crippen molar-refractivity contribution in [2.75, 3.05) is 30.3 Å². The molecule has 2 amide bonds. The van der Waals surface area contributed by atoms with Crippen molar-refractivity contribution in [3.63, 3.8) is 0 Å². The topological polar surface area (TPSA) is 157 Å². The van der Waals surface area contributed by atoms with Crippen LogP contribution in [0, 0.1) is 11.3 Å². The SMILES string of the molecule is CS(=O)(=O)N(c1cc(C#N)cc(C(=O)N[C@@H](CO)C(N)=O)c1)C1CN(C(c2ccc(Cl)cc2)c2ccc(Cl)cc2)C1. The van der Waals surface area contributed by atoms with Gasteiger partial charge in [0.1, 0.15) is 6.04 Å². The van der Waals surface area contributed by atoms with Crippen molar-refractivity contribution in [3.8, 4) is 6.07 Å². The highest BCUT2D eigenvalue weighted by molar-refractivity contribution is 7.92. The average molecular weight is 617 g/mol. The Morgan fingerprint density at radius 3 is 2.05 bits per heavy atom. The van der Waals surface area contributed by atoms with E-state index in [0.29, 0.717) is 23.1 Å². The summed E-state index contributed by atoms with van der Waals surface area (Å²) in [6.45, 7) is -0.0349. The van der Waals surface area contributed by atoms with Crippen LogP contribution in [-0.2, 0) is 14.8 Å². The molecule has 10 nitrogen and oxygen atoms in total. The third kappa shape index (κ3) is 6.98. The summed E-state index contributed by atoms with van der Waals surface area (Å²) in [6.07, 6.45) is 1.05. The molecule has 13 heteroatoms. The average Bonchev–Trinajstić information content (AvgIpc) is 2.90. The van der Waals surface area contributed by atoms with E-state index < -0.39 is 40.5 Å². The maximum Gasteiger partial charge on any atom is 0.252 e. The number of nitrogens with two attached hydrogens (primary N) is 1. The third-order valence-corrected chi connectivity index (χ3v) is 8.44. The third-order valence-electron chi connectivity index (χ3n) is 6.71. The molecule has 41 heavy (non-hydrogen) atoms. The van der Waals surface area contributed by atoms with E-state index in [1.165, 1.54) is 22.5 Å². The molecule has 4 rings (SSSR count). The number of primary amides is 1. The summed E-state index contributed by atoms with van der Waals surface area (Å²) in [5.74, 6) is -1.74. The van der Waals surface area contributed by atoms with Gasteiger partial charge in [-0.05, 0) is 53.6 Å². The number of aliphatic hydroxyl groups excluding tert-OH is 1. The Morgan fingerprint density at radius 2 is 1.61 bits per heavy atom. The summed E-state index contributed by atoms with van der Waals surface area (Å²) in [7, 11) is -3.86. The Bertz CT molecular complexity index is 1540. The number of halogens is 2. The molecular weight excluding hydrogens is 589 g/mol. The summed E-state index contributed by atoms with van der Waals surface area (Å²) < 4.78 is 27.3. The van der Waals surface area contributed by atoms with Gasteiger partial charge in [-0.3, -0.25) is 18.8 Å². The van der Waals surface area contributed by atoms with Crippen LogP contribution < -0.4 is 15.4 Å². The highest BCUT2D eigenvalue weighted by Crippen LogP contribution is 2.37. The van der Waals surface area contributed by atoms with Crippen LogP contribution >= 0.6 is 23.2 Å². The van der Waals surface area contributed by atoms with Crippen molar-refractivity contribution >= 4 is 50.7 Å². The van der Waals surface area contributed by atoms with Crippen LogP contribution in [0.5, 0.6) is 0 Å². The zero-order valence-electron chi connectivity index (χ0n) is 21.9. The fourth-order valence-electron chi connectivity index (χ4n) is 4.81. The number of carbonyl (C=O) groups is 2. The van der Waals surface area contributed by atoms with Crippen molar-refractivity contribution in [1.29, 1.82) is 5.26 Å². The highest BCUT2D eigenvalue weighted by Gasteiger charge is 2.41. The van der Waals surface area contributed by atoms with Crippen LogP contribution in [0.3, 0.4) is 0 Å². The van der Waals surface area contributed by atoms with Crippen molar-refractivity contribution in [2.24, 2.45) is 5.73 Å². The van der Waals surface area contributed by atoms with Crippen LogP contribution in [0.25, 0.3) is 0 Å². The number of amides is 2. The maximum absolute atomic E-state index is 13.1. The van der Waals surface area contributed by atoms with Gasteiger partial charge in [0.2, 0.25) is 15.9 Å². The number of nitriles is 1. The quantitative estimate of drug-likeness (QED) is 0.316. The standard InChI is InChI=1S/C28H27Cl2N5O5S/c1-41(39,40)35(23-11-17(13-31)10-20(12-23)28(38)33-25(16-36)27(32)37)24-14-34(15-24)26(18-2-6-21(29)7-3-18)19-4-8-22(30)9-5-19/h2-12,24-26,36H,14-16H2,1H3,(H2,32,37)(H,33,38)/t25-/m0/s1. The van der Waals surface area contributed by atoms with Crippen LogP contribution in [0.2, 0.25) is 10.0 Å². The number of rotatable bonds is 10. The predicted molar refractivity (Wildman–Crippen MR) is 156 cm³/mol. The number of hydrogen-bond acceptors (Lipinski definition) is 7. The van der Waals surface area contributed by atoms with Crippen LogP contribution in [0.4, 0.5) is 5.69 Å². The van der Waals surface area contributed by atoms with Gasteiger partial charge >= 0.3 is 0 Å². The highest BCUT2D eigenvalue weighted by atomic mass is 35.5. The molecule has 0 aromatic heterocycles. The zero-order valence-corrected chi connectivity index (χ0v) is 24.2. The zero-order chi connectivity index (χ0) is 29.9. The van der Waals surface area contributed by atoms with E-state index in [1.807, 2.05) is 30.3 Å². The lowest BCUT2D eigenvalue weighted by molar-refractivity contribution is -0.120. The summed E-state index contributed by atoms with van der Waals surface area (Å²) in [4.78, 5) is 26.4. The van der Waals surface area contributed by atoms with Crippen molar-refractivity contribution < 1.29 is 23.1 Å². The summed E-state index contributed by atoms with van der Waals surface area (Å²) in [5, 5.41) is 22.4. The Morgan fingerprint density at radius 1 is 1.07 bits per heavy atom. The molecule has 0 aliphatic carbocycles. The number of likely N-dealkylation sites (tertiary alicyclic amines) is 1. The van der Waals surface area contributed by atoms with Crippen LogP contribution in [0.1, 0.15) is 33.1 Å². The number of nitrogens with zero attached hydrogens (tertiary/aromatic N) is 3. The molecule has 3 aromatic rings. The Labute approximate surface area is 247 Å². The molecule has 3 aromatic carbocycles. The number of anilines is 1. The number of sulfonamides is 1. The molecule has 214 valence electrons. The number of aliphatic hydroxyl groups is 1. The Hall–Kier alpha value is -3.66. The minimum Gasteiger partial charge on any atom is -0.394 e. The first-order valence-electron chi connectivity index (χ1n) is 12.4. The van der Waals surface area contributed by atoms with Gasteiger partial charge in [0.15, 0.2) is 0 Å². The number of hydrogen-bond donors (Lipinski definition) is 3. The van der Waals surface area contributed by atoms with Gasteiger partial charge in [-0.1, -0.05) is 47.5 Å². The Balaban J connectivity index is 1.66. The minimum atomic E-state index is -3.86. The van der Waals surface area contributed by atoms with Crippen LogP contribution in [0.15, 0.2) is 66.7 Å². The van der Waals surface area contributed by atoms with E-state index in [9.17, 15) is 28.4 Å². The molecule has 0 unspecified atom stereocenters. The number of benzene rings is 3. The largest absolute Gasteiger partial charge is 0.394 e. The first-order valence-corrected chi connectivity index (χ1v) is 15.0. The normalized spacial score (nSPS) is 14.6. The molecule has 1 aliphatic heterocycles. The maximum atomic E-state index is 13.1. The molecule has 0 spiro atoms. The number of carbonyl (C=O) groups excluding carboxylic acids is 2. The van der Waals surface area contributed by atoms with E-state index in [-0.39, 0.29) is 22.9 Å². The molecule has 4 N–H and O–H groups in total. The van der Waals surface area contributed by atoms with Gasteiger partial charge in [0.25, 0.3) is 5.91 Å². The second kappa shape index (κ2) is 12.5. The molecule has 1 saturated heterocycles. The van der Waals surface area contributed by atoms with E-state index in [1.54, 1.807) is 24.3 Å². The van der Waals surface area contributed by atoms with Gasteiger partial charge in [0, 0.05) is 28.7 Å². The molecule has 0 radical (unpaired) electrons. The first kappa shape index (κ1) is 30.3. The molecule has 1 atom stereocenters.